The molecule has 54 heavy (non-hydrogen) atoms. The molecule has 2 aromatic heterocycles. The maximum absolute atomic E-state index is 3.81. The molecule has 1 aliphatic heterocycles. The standard InChI is InChI=1S/C50H33N3S/c1-3-13-33(14-4-1)35-17-11-18-37(31-35)50-51-49(34-15-5-2-6-16-34)53(50)39-28-26-38(27-29-39)52-45-23-9-7-19-41(45)44-32-36(25-30-46(44)52)40-21-12-22-43-42-20-8-10-24-47(42)54-48(40)43/h1-32,49H/p+1. The van der Waals surface area contributed by atoms with Crippen molar-refractivity contribution in [2.45, 2.75) is 6.17 Å². The zero-order chi connectivity index (χ0) is 35.6. The van der Waals surface area contributed by atoms with Crippen LogP contribution in [-0.4, -0.2) is 15.0 Å². The van der Waals surface area contributed by atoms with E-state index in [1.165, 1.54) is 69.8 Å². The molecule has 0 saturated heterocycles. The highest BCUT2D eigenvalue weighted by Crippen LogP contribution is 2.42. The van der Waals surface area contributed by atoms with Gasteiger partial charge in [0.2, 0.25) is 0 Å². The van der Waals surface area contributed by atoms with Crippen molar-refractivity contribution < 1.29 is 4.58 Å². The second kappa shape index (κ2) is 12.4. The summed E-state index contributed by atoms with van der Waals surface area (Å²) in [7, 11) is 0. The molecule has 0 fully saturated rings. The van der Waals surface area contributed by atoms with E-state index < -0.39 is 0 Å². The van der Waals surface area contributed by atoms with Crippen LogP contribution >= 0.6 is 11.3 Å². The van der Waals surface area contributed by atoms with Crippen molar-refractivity contribution in [1.82, 2.24) is 9.88 Å². The minimum atomic E-state index is 0.0319. The van der Waals surface area contributed by atoms with Crippen molar-refractivity contribution in [1.29, 1.82) is 0 Å². The third kappa shape index (κ3) is 4.92. The molecule has 0 bridgehead atoms. The number of amidine groups is 1. The van der Waals surface area contributed by atoms with Gasteiger partial charge in [-0.1, -0.05) is 133 Å². The van der Waals surface area contributed by atoms with Crippen LogP contribution in [0, 0.1) is 0 Å². The molecule has 0 saturated carbocycles. The summed E-state index contributed by atoms with van der Waals surface area (Å²) in [6.07, 6.45) is 0.0319. The summed E-state index contributed by atoms with van der Waals surface area (Å²) in [5.41, 5.74) is 12.0. The summed E-state index contributed by atoms with van der Waals surface area (Å²) in [5.74, 6) is 1.10. The first kappa shape index (κ1) is 30.8. The largest absolute Gasteiger partial charge is 0.309 e. The summed E-state index contributed by atoms with van der Waals surface area (Å²) in [5, 5.41) is 8.98. The molecule has 0 amide bonds. The van der Waals surface area contributed by atoms with Gasteiger partial charge < -0.3 is 4.57 Å². The number of para-hydroxylation sites is 1. The van der Waals surface area contributed by atoms with Crippen LogP contribution in [0.5, 0.6) is 0 Å². The minimum Gasteiger partial charge on any atom is -0.309 e. The lowest BCUT2D eigenvalue weighted by Gasteiger charge is -2.29. The summed E-state index contributed by atoms with van der Waals surface area (Å²) in [6.45, 7) is 0. The van der Waals surface area contributed by atoms with E-state index in [4.69, 9.17) is 0 Å². The normalized spacial score (nSPS) is 14.2. The Morgan fingerprint density at radius 2 is 1.13 bits per heavy atom. The predicted molar refractivity (Wildman–Crippen MR) is 227 cm³/mol. The summed E-state index contributed by atoms with van der Waals surface area (Å²) in [4.78, 5) is 0. The van der Waals surface area contributed by atoms with Gasteiger partial charge >= 0.3 is 0 Å². The van der Waals surface area contributed by atoms with Gasteiger partial charge in [0.1, 0.15) is 5.69 Å². The van der Waals surface area contributed by atoms with E-state index in [2.05, 4.69) is 209 Å². The Morgan fingerprint density at radius 3 is 1.98 bits per heavy atom. The lowest BCUT2D eigenvalue weighted by Crippen LogP contribution is -2.51. The fourth-order valence-corrected chi connectivity index (χ4v) is 9.57. The number of fused-ring (bicyclic) bond motifs is 6. The Hall–Kier alpha value is -6.75. The monoisotopic (exact) mass is 708 g/mol. The summed E-state index contributed by atoms with van der Waals surface area (Å²) in [6, 6.07) is 70.5. The molecule has 1 unspecified atom stereocenters. The fraction of sp³-hybridized carbons (Fsp3) is 0.0200. The molecule has 0 spiro atoms. The smallest absolute Gasteiger partial charge is 0.289 e. The van der Waals surface area contributed by atoms with Gasteiger partial charge in [-0.05, 0) is 82.9 Å². The van der Waals surface area contributed by atoms with Gasteiger partial charge in [0.15, 0.2) is 0 Å². The van der Waals surface area contributed by atoms with Gasteiger partial charge in [0.25, 0.3) is 12.0 Å². The maximum Gasteiger partial charge on any atom is 0.289 e. The number of nitrogens with one attached hydrogen (secondary N) is 1. The lowest BCUT2D eigenvalue weighted by atomic mass is 10.00. The Morgan fingerprint density at radius 1 is 0.463 bits per heavy atom. The van der Waals surface area contributed by atoms with Crippen LogP contribution in [-0.2, 0) is 0 Å². The van der Waals surface area contributed by atoms with Gasteiger partial charge in [-0.15, -0.1) is 11.3 Å². The molecule has 8 aromatic carbocycles. The zero-order valence-electron chi connectivity index (χ0n) is 29.4. The topological polar surface area (TPSA) is 20.0 Å². The van der Waals surface area contributed by atoms with Crippen molar-refractivity contribution in [3.8, 4) is 27.9 Å². The highest BCUT2D eigenvalue weighted by atomic mass is 32.1. The Labute approximate surface area is 317 Å². The number of rotatable bonds is 6. The number of thiophene rings is 1. The van der Waals surface area contributed by atoms with E-state index >= 15 is 0 Å². The van der Waals surface area contributed by atoms with Crippen LogP contribution in [0.15, 0.2) is 194 Å². The molecule has 10 aromatic rings. The number of benzene rings is 8. The molecular weight excluding hydrogens is 675 g/mol. The Kier molecular flexibility index (Phi) is 7.10. The molecule has 0 aliphatic carbocycles. The van der Waals surface area contributed by atoms with Crippen molar-refractivity contribution in [2.24, 2.45) is 0 Å². The second-order valence-corrected chi connectivity index (χ2v) is 15.1. The van der Waals surface area contributed by atoms with Crippen LogP contribution in [0.1, 0.15) is 17.3 Å². The number of hydrogen-bond donors (Lipinski definition) is 1. The van der Waals surface area contributed by atoms with Crippen LogP contribution in [0.2, 0.25) is 0 Å². The van der Waals surface area contributed by atoms with Gasteiger partial charge in [-0.3, -0.25) is 0 Å². The molecule has 3 heterocycles. The van der Waals surface area contributed by atoms with E-state index in [1.54, 1.807) is 0 Å². The van der Waals surface area contributed by atoms with Crippen LogP contribution in [0.25, 0.3) is 69.9 Å². The second-order valence-electron chi connectivity index (χ2n) is 14.0. The lowest BCUT2D eigenvalue weighted by molar-refractivity contribution is -0.531. The molecular formula is C50H34N3S+. The quantitative estimate of drug-likeness (QED) is 0.171. The summed E-state index contributed by atoms with van der Waals surface area (Å²) < 4.78 is 7.51. The SMILES string of the molecule is c1ccc(-c2cccc(C3=[N+](c4ccc(-n5c6ccccc6c6cc(-c7cccc8c7sc7ccccc78)ccc65)cc4)C(c4ccccc4)N3)c2)cc1. The van der Waals surface area contributed by atoms with Gasteiger partial charge in [0.05, 0.1) is 16.6 Å². The van der Waals surface area contributed by atoms with E-state index in [9.17, 15) is 0 Å². The Bertz CT molecular complexity index is 3060. The first-order valence-corrected chi connectivity index (χ1v) is 19.3. The molecule has 1 atom stereocenters. The van der Waals surface area contributed by atoms with E-state index in [0.29, 0.717) is 0 Å². The fourth-order valence-electron chi connectivity index (χ4n) is 8.33. The number of nitrogens with zero attached hydrogens (tertiary/aromatic N) is 2. The predicted octanol–water partition coefficient (Wildman–Crippen LogP) is 12.9. The molecule has 254 valence electrons. The molecule has 1 N–H and O–H groups in total. The minimum absolute atomic E-state index is 0.0319. The molecule has 0 radical (unpaired) electrons. The van der Waals surface area contributed by atoms with Crippen molar-refractivity contribution >= 4 is 64.8 Å². The third-order valence-electron chi connectivity index (χ3n) is 10.9. The molecule has 4 heteroatoms. The number of aromatic nitrogens is 1. The third-order valence-corrected chi connectivity index (χ3v) is 12.1. The first-order valence-electron chi connectivity index (χ1n) is 18.5. The highest BCUT2D eigenvalue weighted by molar-refractivity contribution is 7.26. The van der Waals surface area contributed by atoms with Crippen LogP contribution < -0.4 is 5.32 Å². The Balaban J connectivity index is 1.02. The van der Waals surface area contributed by atoms with Crippen LogP contribution in [0.4, 0.5) is 5.69 Å². The van der Waals surface area contributed by atoms with Crippen molar-refractivity contribution in [2.75, 3.05) is 0 Å². The van der Waals surface area contributed by atoms with E-state index in [-0.39, 0.29) is 6.17 Å². The van der Waals surface area contributed by atoms with Crippen LogP contribution in [0.3, 0.4) is 0 Å². The van der Waals surface area contributed by atoms with E-state index in [1.807, 2.05) is 11.3 Å². The molecule has 1 aliphatic rings. The number of hydrogen-bond acceptors (Lipinski definition) is 2. The first-order chi connectivity index (χ1) is 26.8. The average Bonchev–Trinajstić information content (AvgIpc) is 3.77. The summed E-state index contributed by atoms with van der Waals surface area (Å²) >= 11 is 1.89. The molecule has 11 rings (SSSR count). The molecule has 3 nitrogen and oxygen atoms in total. The van der Waals surface area contributed by atoms with Gasteiger partial charge in [-0.25, -0.2) is 5.32 Å². The maximum atomic E-state index is 3.81. The van der Waals surface area contributed by atoms with Crippen molar-refractivity contribution in [3.05, 3.63) is 205 Å². The zero-order valence-corrected chi connectivity index (χ0v) is 30.2. The van der Waals surface area contributed by atoms with Crippen molar-refractivity contribution in [3.63, 3.8) is 0 Å². The van der Waals surface area contributed by atoms with Gasteiger partial charge in [0, 0.05) is 42.2 Å². The average molecular weight is 709 g/mol. The van der Waals surface area contributed by atoms with Gasteiger partial charge in [-0.2, -0.15) is 4.58 Å². The van der Waals surface area contributed by atoms with E-state index in [0.717, 1.165) is 22.8 Å². The highest BCUT2D eigenvalue weighted by Gasteiger charge is 2.40.